The van der Waals surface area contributed by atoms with E-state index >= 15 is 0 Å². The van der Waals surface area contributed by atoms with Crippen molar-refractivity contribution in [3.8, 4) is 5.75 Å². The monoisotopic (exact) mass is 389 g/mol. The maximum Gasteiger partial charge on any atom is 0.272 e. The standard InChI is InChI=1S/C20H24ClN3O3/c1-4-10-24(11-5-2)20(26)17-12-14(8-9-22-17)19(25)23-15-6-7-18(27-3)16(21)13-15/h6-9,12-13H,4-5,10-11H2,1-3H3,(H,23,25). The van der Waals surface area contributed by atoms with Crippen molar-refractivity contribution in [2.24, 2.45) is 0 Å². The van der Waals surface area contributed by atoms with Crippen molar-refractivity contribution in [2.75, 3.05) is 25.5 Å². The van der Waals surface area contributed by atoms with E-state index in [0.717, 1.165) is 12.8 Å². The number of ether oxygens (including phenoxy) is 1. The molecule has 1 aromatic heterocycles. The fraction of sp³-hybridized carbons (Fsp3) is 0.350. The van der Waals surface area contributed by atoms with Gasteiger partial charge in [-0.25, -0.2) is 0 Å². The van der Waals surface area contributed by atoms with Crippen LogP contribution < -0.4 is 10.1 Å². The number of carbonyl (C=O) groups is 2. The molecule has 1 N–H and O–H groups in total. The van der Waals surface area contributed by atoms with Gasteiger partial charge in [0, 0.05) is 30.5 Å². The minimum absolute atomic E-state index is 0.166. The summed E-state index contributed by atoms with van der Waals surface area (Å²) in [6.45, 7) is 5.37. The third kappa shape index (κ3) is 5.44. The van der Waals surface area contributed by atoms with Crippen LogP contribution in [-0.2, 0) is 0 Å². The van der Waals surface area contributed by atoms with Crippen molar-refractivity contribution < 1.29 is 14.3 Å². The lowest BCUT2D eigenvalue weighted by Crippen LogP contribution is -2.33. The molecule has 0 atom stereocenters. The van der Waals surface area contributed by atoms with E-state index in [1.807, 2.05) is 13.8 Å². The molecule has 0 aliphatic rings. The number of rotatable bonds is 8. The average Bonchev–Trinajstić information content (AvgIpc) is 2.67. The zero-order valence-corrected chi connectivity index (χ0v) is 16.5. The molecular weight excluding hydrogens is 366 g/mol. The van der Waals surface area contributed by atoms with Gasteiger partial charge in [-0.15, -0.1) is 0 Å². The van der Waals surface area contributed by atoms with Gasteiger partial charge in [0.2, 0.25) is 0 Å². The van der Waals surface area contributed by atoms with Crippen LogP contribution in [0, 0.1) is 0 Å². The van der Waals surface area contributed by atoms with Crippen LogP contribution in [0.15, 0.2) is 36.5 Å². The summed E-state index contributed by atoms with van der Waals surface area (Å²) in [7, 11) is 1.52. The molecular formula is C20H24ClN3O3. The first-order chi connectivity index (χ1) is 13.0. The Labute approximate surface area is 164 Å². The molecule has 0 saturated carbocycles. The first-order valence-corrected chi connectivity index (χ1v) is 9.28. The normalized spacial score (nSPS) is 10.4. The summed E-state index contributed by atoms with van der Waals surface area (Å²) >= 11 is 6.08. The molecule has 1 heterocycles. The second kappa shape index (κ2) is 9.92. The molecule has 144 valence electrons. The van der Waals surface area contributed by atoms with Crippen molar-refractivity contribution in [3.05, 3.63) is 52.8 Å². The van der Waals surface area contributed by atoms with Gasteiger partial charge < -0.3 is 15.0 Å². The van der Waals surface area contributed by atoms with E-state index in [9.17, 15) is 9.59 Å². The predicted octanol–water partition coefficient (Wildman–Crippen LogP) is 4.26. The van der Waals surface area contributed by atoms with Gasteiger partial charge in [0.1, 0.15) is 11.4 Å². The predicted molar refractivity (Wildman–Crippen MR) is 107 cm³/mol. The number of nitrogens with one attached hydrogen (secondary N) is 1. The highest BCUT2D eigenvalue weighted by atomic mass is 35.5. The van der Waals surface area contributed by atoms with Crippen LogP contribution >= 0.6 is 11.6 Å². The zero-order chi connectivity index (χ0) is 19.8. The first-order valence-electron chi connectivity index (χ1n) is 8.90. The minimum atomic E-state index is -0.342. The van der Waals surface area contributed by atoms with Gasteiger partial charge in [-0.2, -0.15) is 0 Å². The topological polar surface area (TPSA) is 71.5 Å². The number of amides is 2. The van der Waals surface area contributed by atoms with Crippen LogP contribution in [0.2, 0.25) is 5.02 Å². The van der Waals surface area contributed by atoms with E-state index < -0.39 is 0 Å². The molecule has 0 saturated heterocycles. The van der Waals surface area contributed by atoms with E-state index in [1.54, 1.807) is 29.2 Å². The number of anilines is 1. The number of halogens is 1. The molecule has 0 aliphatic heterocycles. The van der Waals surface area contributed by atoms with Crippen molar-refractivity contribution >= 4 is 29.1 Å². The van der Waals surface area contributed by atoms with Crippen LogP contribution in [0.1, 0.15) is 47.5 Å². The summed E-state index contributed by atoms with van der Waals surface area (Å²) in [5, 5.41) is 3.16. The zero-order valence-electron chi connectivity index (χ0n) is 15.8. The van der Waals surface area contributed by atoms with E-state index in [1.165, 1.54) is 19.4 Å². The summed E-state index contributed by atoms with van der Waals surface area (Å²) in [4.78, 5) is 31.1. The van der Waals surface area contributed by atoms with Gasteiger partial charge in [0.05, 0.1) is 12.1 Å². The highest BCUT2D eigenvalue weighted by Crippen LogP contribution is 2.27. The Balaban J connectivity index is 2.17. The highest BCUT2D eigenvalue weighted by molar-refractivity contribution is 6.32. The second-order valence-corrected chi connectivity index (χ2v) is 6.43. The Morgan fingerprint density at radius 3 is 2.44 bits per heavy atom. The number of carbonyl (C=O) groups excluding carboxylic acids is 2. The van der Waals surface area contributed by atoms with Crippen LogP contribution in [0.25, 0.3) is 0 Å². The molecule has 6 nitrogen and oxygen atoms in total. The lowest BCUT2D eigenvalue weighted by atomic mass is 10.2. The lowest BCUT2D eigenvalue weighted by Gasteiger charge is -2.21. The van der Waals surface area contributed by atoms with Gasteiger partial charge >= 0.3 is 0 Å². The molecule has 0 radical (unpaired) electrons. The third-order valence-corrected chi connectivity index (χ3v) is 4.22. The summed E-state index contributed by atoms with van der Waals surface area (Å²) in [5.41, 5.74) is 1.15. The Morgan fingerprint density at radius 2 is 1.85 bits per heavy atom. The molecule has 0 fully saturated rings. The van der Waals surface area contributed by atoms with Crippen molar-refractivity contribution in [1.82, 2.24) is 9.88 Å². The molecule has 1 aromatic carbocycles. The SMILES string of the molecule is CCCN(CCC)C(=O)c1cc(C(=O)Nc2ccc(OC)c(Cl)c2)ccn1. The van der Waals surface area contributed by atoms with Gasteiger partial charge in [-0.05, 0) is 43.2 Å². The fourth-order valence-corrected chi connectivity index (χ4v) is 2.91. The molecule has 7 heteroatoms. The van der Waals surface area contributed by atoms with Gasteiger partial charge in [0.15, 0.2) is 0 Å². The summed E-state index contributed by atoms with van der Waals surface area (Å²) < 4.78 is 5.10. The molecule has 27 heavy (non-hydrogen) atoms. The fourth-order valence-electron chi connectivity index (χ4n) is 2.65. The number of pyridine rings is 1. The Kier molecular flexibility index (Phi) is 7.61. The van der Waals surface area contributed by atoms with Crippen molar-refractivity contribution in [3.63, 3.8) is 0 Å². The molecule has 0 spiro atoms. The summed E-state index contributed by atoms with van der Waals surface area (Å²) in [6, 6.07) is 8.06. The maximum absolute atomic E-state index is 12.7. The van der Waals surface area contributed by atoms with Crippen LogP contribution in [0.4, 0.5) is 5.69 Å². The molecule has 2 rings (SSSR count). The Morgan fingerprint density at radius 1 is 1.15 bits per heavy atom. The van der Waals surface area contributed by atoms with Gasteiger partial charge in [0.25, 0.3) is 11.8 Å². The number of benzene rings is 1. The summed E-state index contributed by atoms with van der Waals surface area (Å²) in [5.74, 6) is 0.0180. The van der Waals surface area contributed by atoms with Crippen LogP contribution in [0.3, 0.4) is 0 Å². The smallest absolute Gasteiger partial charge is 0.272 e. The molecule has 2 amide bonds. The van der Waals surface area contributed by atoms with Crippen LogP contribution in [0.5, 0.6) is 5.75 Å². The molecule has 0 aliphatic carbocycles. The number of nitrogens with zero attached hydrogens (tertiary/aromatic N) is 2. The van der Waals surface area contributed by atoms with Crippen LogP contribution in [-0.4, -0.2) is 41.9 Å². The highest BCUT2D eigenvalue weighted by Gasteiger charge is 2.17. The van der Waals surface area contributed by atoms with E-state index in [-0.39, 0.29) is 17.5 Å². The van der Waals surface area contributed by atoms with Crippen molar-refractivity contribution in [2.45, 2.75) is 26.7 Å². The van der Waals surface area contributed by atoms with Gasteiger partial charge in [-0.1, -0.05) is 25.4 Å². The first kappa shape index (κ1) is 20.7. The van der Waals surface area contributed by atoms with E-state index in [0.29, 0.717) is 35.1 Å². The number of hydrogen-bond donors (Lipinski definition) is 1. The maximum atomic E-state index is 12.7. The van der Waals surface area contributed by atoms with Crippen molar-refractivity contribution in [1.29, 1.82) is 0 Å². The lowest BCUT2D eigenvalue weighted by molar-refractivity contribution is 0.0749. The average molecular weight is 390 g/mol. The number of aromatic nitrogens is 1. The quantitative estimate of drug-likeness (QED) is 0.732. The second-order valence-electron chi connectivity index (χ2n) is 6.03. The number of hydrogen-bond acceptors (Lipinski definition) is 4. The van der Waals surface area contributed by atoms with E-state index in [2.05, 4.69) is 10.3 Å². The molecule has 2 aromatic rings. The Hall–Kier alpha value is -2.60. The number of methoxy groups -OCH3 is 1. The summed E-state index contributed by atoms with van der Waals surface area (Å²) in [6.07, 6.45) is 3.20. The molecule has 0 bridgehead atoms. The molecule has 0 unspecified atom stereocenters. The van der Waals surface area contributed by atoms with Gasteiger partial charge in [-0.3, -0.25) is 14.6 Å². The largest absolute Gasteiger partial charge is 0.495 e. The van der Waals surface area contributed by atoms with E-state index in [4.69, 9.17) is 16.3 Å². The third-order valence-electron chi connectivity index (χ3n) is 3.93. The minimum Gasteiger partial charge on any atom is -0.495 e. The Bertz CT molecular complexity index is 805.